The SMILES string of the molecule is COc1cc(C(=O)Nc2sc3c(c2C(=O)c2ccco2)CCC(C)C3)cc(OC)c1OCC(N)=O. The molecule has 0 spiro atoms. The van der Waals surface area contributed by atoms with Crippen LogP contribution in [0.4, 0.5) is 5.00 Å². The number of nitrogens with two attached hydrogens (primary N) is 1. The van der Waals surface area contributed by atoms with E-state index in [2.05, 4.69) is 12.2 Å². The Morgan fingerprint density at radius 2 is 1.91 bits per heavy atom. The van der Waals surface area contributed by atoms with Gasteiger partial charge in [-0.1, -0.05) is 6.92 Å². The predicted molar refractivity (Wildman–Crippen MR) is 130 cm³/mol. The second-order valence-electron chi connectivity index (χ2n) is 8.28. The molecule has 0 saturated carbocycles. The van der Waals surface area contributed by atoms with Gasteiger partial charge in [-0.15, -0.1) is 11.3 Å². The number of carbonyl (C=O) groups excluding carboxylic acids is 3. The number of primary amides is 1. The minimum Gasteiger partial charge on any atom is -0.493 e. The van der Waals surface area contributed by atoms with Gasteiger partial charge in [0.1, 0.15) is 5.00 Å². The topological polar surface area (TPSA) is 130 Å². The Morgan fingerprint density at radius 1 is 1.20 bits per heavy atom. The summed E-state index contributed by atoms with van der Waals surface area (Å²) in [5.41, 5.74) is 6.83. The molecule has 3 N–H and O–H groups in total. The van der Waals surface area contributed by atoms with Crippen LogP contribution >= 0.6 is 11.3 Å². The fourth-order valence-corrected chi connectivity index (χ4v) is 5.49. The van der Waals surface area contributed by atoms with Gasteiger partial charge in [0.2, 0.25) is 11.5 Å². The average Bonchev–Trinajstić information content (AvgIpc) is 3.49. The lowest BCUT2D eigenvalue weighted by Gasteiger charge is -2.18. The van der Waals surface area contributed by atoms with Gasteiger partial charge >= 0.3 is 0 Å². The van der Waals surface area contributed by atoms with Crippen molar-refractivity contribution in [1.82, 2.24) is 0 Å². The van der Waals surface area contributed by atoms with Crippen molar-refractivity contribution in [2.45, 2.75) is 26.2 Å². The summed E-state index contributed by atoms with van der Waals surface area (Å²) in [4.78, 5) is 38.8. The molecule has 9 nitrogen and oxygen atoms in total. The molecular weight excluding hydrogens is 472 g/mol. The maximum atomic E-state index is 13.3. The highest BCUT2D eigenvalue weighted by atomic mass is 32.1. The lowest BCUT2D eigenvalue weighted by atomic mass is 9.87. The Hall–Kier alpha value is -3.79. The number of benzene rings is 1. The quantitative estimate of drug-likeness (QED) is 0.429. The summed E-state index contributed by atoms with van der Waals surface area (Å²) in [6, 6.07) is 6.21. The van der Waals surface area contributed by atoms with Crippen LogP contribution in [0.25, 0.3) is 0 Å². The van der Waals surface area contributed by atoms with Crippen molar-refractivity contribution >= 4 is 33.9 Å². The molecule has 1 aliphatic rings. The molecule has 10 heteroatoms. The van der Waals surface area contributed by atoms with Crippen molar-refractivity contribution in [2.75, 3.05) is 26.1 Å². The van der Waals surface area contributed by atoms with E-state index in [-0.39, 0.29) is 41.0 Å². The zero-order chi connectivity index (χ0) is 25.1. The molecule has 3 aromatic rings. The lowest BCUT2D eigenvalue weighted by molar-refractivity contribution is -0.120. The van der Waals surface area contributed by atoms with E-state index in [1.807, 2.05) is 0 Å². The van der Waals surface area contributed by atoms with Gasteiger partial charge in [0, 0.05) is 10.4 Å². The van der Waals surface area contributed by atoms with E-state index >= 15 is 0 Å². The number of fused-ring (bicyclic) bond motifs is 1. The van der Waals surface area contributed by atoms with E-state index < -0.39 is 11.8 Å². The summed E-state index contributed by atoms with van der Waals surface area (Å²) in [5.74, 6) is -0.119. The highest BCUT2D eigenvalue weighted by Gasteiger charge is 2.30. The number of hydrogen-bond donors (Lipinski definition) is 2. The lowest BCUT2D eigenvalue weighted by Crippen LogP contribution is -2.20. The molecule has 2 aromatic heterocycles. The van der Waals surface area contributed by atoms with Gasteiger partial charge in [-0.3, -0.25) is 14.4 Å². The molecule has 4 rings (SSSR count). The summed E-state index contributed by atoms with van der Waals surface area (Å²) in [6.45, 7) is 1.80. The number of thiophene rings is 1. The fraction of sp³-hybridized carbons (Fsp3) is 0.320. The van der Waals surface area contributed by atoms with Gasteiger partial charge in [-0.25, -0.2) is 0 Å². The molecule has 0 radical (unpaired) electrons. The van der Waals surface area contributed by atoms with E-state index in [4.69, 9.17) is 24.4 Å². The number of rotatable bonds is 9. The first-order chi connectivity index (χ1) is 16.8. The third-order valence-corrected chi connectivity index (χ3v) is 6.96. The number of amides is 2. The van der Waals surface area contributed by atoms with E-state index in [0.29, 0.717) is 16.5 Å². The second kappa shape index (κ2) is 10.2. The molecule has 2 heterocycles. The van der Waals surface area contributed by atoms with Crippen LogP contribution < -0.4 is 25.3 Å². The fourth-order valence-electron chi connectivity index (χ4n) is 4.08. The highest BCUT2D eigenvalue weighted by Crippen LogP contribution is 2.42. The zero-order valence-electron chi connectivity index (χ0n) is 19.6. The number of methoxy groups -OCH3 is 2. The maximum absolute atomic E-state index is 13.3. The molecule has 1 aliphatic carbocycles. The number of furan rings is 1. The molecule has 184 valence electrons. The summed E-state index contributed by atoms with van der Waals surface area (Å²) >= 11 is 1.42. The molecule has 1 aromatic carbocycles. The Kier molecular flexibility index (Phi) is 7.11. The molecule has 1 atom stereocenters. The average molecular weight is 499 g/mol. The van der Waals surface area contributed by atoms with Crippen LogP contribution in [-0.2, 0) is 17.6 Å². The number of ketones is 1. The van der Waals surface area contributed by atoms with Crippen LogP contribution in [0.1, 0.15) is 50.3 Å². The Morgan fingerprint density at radius 3 is 2.51 bits per heavy atom. The molecule has 0 aliphatic heterocycles. The molecule has 35 heavy (non-hydrogen) atoms. The first kappa shape index (κ1) is 24.3. The first-order valence-electron chi connectivity index (χ1n) is 11.0. The van der Waals surface area contributed by atoms with Crippen molar-refractivity contribution in [3.05, 3.63) is 57.9 Å². The maximum Gasteiger partial charge on any atom is 0.256 e. The van der Waals surface area contributed by atoms with Crippen molar-refractivity contribution in [1.29, 1.82) is 0 Å². The number of nitrogens with one attached hydrogen (secondary N) is 1. The first-order valence-corrected chi connectivity index (χ1v) is 11.8. The van der Waals surface area contributed by atoms with E-state index in [1.165, 1.54) is 44.0 Å². The van der Waals surface area contributed by atoms with E-state index in [1.54, 1.807) is 12.1 Å². The summed E-state index contributed by atoms with van der Waals surface area (Å²) in [6.07, 6.45) is 4.03. The van der Waals surface area contributed by atoms with Crippen LogP contribution in [-0.4, -0.2) is 38.4 Å². The van der Waals surface area contributed by atoms with Crippen LogP contribution in [0.2, 0.25) is 0 Å². The smallest absolute Gasteiger partial charge is 0.256 e. The van der Waals surface area contributed by atoms with Crippen LogP contribution in [0, 0.1) is 5.92 Å². The van der Waals surface area contributed by atoms with Crippen LogP contribution in [0.15, 0.2) is 34.9 Å². The second-order valence-corrected chi connectivity index (χ2v) is 9.39. The van der Waals surface area contributed by atoms with Gasteiger partial charge in [0.15, 0.2) is 23.9 Å². The highest BCUT2D eigenvalue weighted by molar-refractivity contribution is 7.17. The number of carbonyl (C=O) groups is 3. The molecule has 2 amide bonds. The third kappa shape index (κ3) is 5.02. The van der Waals surface area contributed by atoms with Gasteiger partial charge in [0.25, 0.3) is 11.8 Å². The van der Waals surface area contributed by atoms with Crippen molar-refractivity contribution in [2.24, 2.45) is 11.7 Å². The van der Waals surface area contributed by atoms with Crippen molar-refractivity contribution < 1.29 is 33.0 Å². The minimum atomic E-state index is -0.666. The molecule has 0 fully saturated rings. The van der Waals surface area contributed by atoms with Crippen LogP contribution in [0.5, 0.6) is 17.2 Å². The van der Waals surface area contributed by atoms with E-state index in [9.17, 15) is 14.4 Å². The molecule has 0 bridgehead atoms. The standard InChI is InChI=1S/C25H26N2O7S/c1-13-6-7-15-19(9-13)35-25(21(15)22(29)16-5-4-8-33-16)27-24(30)14-10-17(31-2)23(18(11-14)32-3)34-12-20(26)28/h4-5,8,10-11,13H,6-7,9,12H2,1-3H3,(H2,26,28)(H,27,30). The number of anilines is 1. The van der Waals surface area contributed by atoms with Gasteiger partial charge < -0.3 is 29.7 Å². The summed E-state index contributed by atoms with van der Waals surface area (Å²) < 4.78 is 21.5. The van der Waals surface area contributed by atoms with Crippen molar-refractivity contribution in [3.8, 4) is 17.2 Å². The Balaban J connectivity index is 1.69. The third-order valence-electron chi connectivity index (χ3n) is 5.79. The molecular formula is C25H26N2O7S. The normalized spacial score (nSPS) is 14.7. The summed E-state index contributed by atoms with van der Waals surface area (Å²) in [7, 11) is 2.81. The Bertz CT molecular complexity index is 1240. The van der Waals surface area contributed by atoms with Crippen molar-refractivity contribution in [3.63, 3.8) is 0 Å². The Labute approximate surface area is 206 Å². The summed E-state index contributed by atoms with van der Waals surface area (Å²) in [5, 5.41) is 3.38. The van der Waals surface area contributed by atoms with E-state index in [0.717, 1.165) is 29.7 Å². The zero-order valence-corrected chi connectivity index (χ0v) is 20.5. The number of hydrogen-bond acceptors (Lipinski definition) is 8. The number of ether oxygens (including phenoxy) is 3. The van der Waals surface area contributed by atoms with Gasteiger partial charge in [-0.2, -0.15) is 0 Å². The molecule has 1 unspecified atom stereocenters. The van der Waals surface area contributed by atoms with Crippen LogP contribution in [0.3, 0.4) is 0 Å². The minimum absolute atomic E-state index is 0.152. The van der Waals surface area contributed by atoms with Gasteiger partial charge in [0.05, 0.1) is 26.0 Å². The predicted octanol–water partition coefficient (Wildman–Crippen LogP) is 3.83. The monoisotopic (exact) mass is 498 g/mol. The largest absolute Gasteiger partial charge is 0.493 e. The van der Waals surface area contributed by atoms with Gasteiger partial charge in [-0.05, 0) is 55.0 Å². The molecule has 0 saturated heterocycles.